The summed E-state index contributed by atoms with van der Waals surface area (Å²) in [7, 11) is 0. The third kappa shape index (κ3) is 2.01. The Balaban J connectivity index is 3.38. The van der Waals surface area contributed by atoms with Crippen molar-refractivity contribution in [3.05, 3.63) is 29.9 Å². The highest BCUT2D eigenvalue weighted by Crippen LogP contribution is 2.31. The highest BCUT2D eigenvalue weighted by atomic mass is 19.4. The molecule has 0 saturated heterocycles. The number of halogens is 3. The van der Waals surface area contributed by atoms with E-state index in [1.165, 1.54) is 6.92 Å². The Hall–Kier alpha value is -1.59. The molecule has 14 heavy (non-hydrogen) atoms. The van der Waals surface area contributed by atoms with Gasteiger partial charge in [0.15, 0.2) is 5.69 Å². The first-order valence-electron chi connectivity index (χ1n) is 3.68. The molecule has 0 aliphatic rings. The standard InChI is InChI=1S/C8H8F3N3/c1-4(12)6-3-13-5(2)14-7(6)8(9,10)11/h3H,1,12H2,2H3. The Kier molecular flexibility index (Phi) is 2.46. The third-order valence-electron chi connectivity index (χ3n) is 1.52. The van der Waals surface area contributed by atoms with Gasteiger partial charge in [-0.15, -0.1) is 0 Å². The molecule has 0 aliphatic carbocycles. The average molecular weight is 203 g/mol. The second kappa shape index (κ2) is 3.28. The molecule has 0 unspecified atom stereocenters. The highest BCUT2D eigenvalue weighted by molar-refractivity contribution is 5.61. The number of hydrogen-bond acceptors (Lipinski definition) is 3. The maximum atomic E-state index is 12.4. The highest BCUT2D eigenvalue weighted by Gasteiger charge is 2.36. The Morgan fingerprint density at radius 1 is 1.50 bits per heavy atom. The zero-order valence-corrected chi connectivity index (χ0v) is 7.39. The summed E-state index contributed by atoms with van der Waals surface area (Å²) in [5.41, 5.74) is 3.67. The molecule has 1 rings (SSSR count). The van der Waals surface area contributed by atoms with Crippen molar-refractivity contribution in [2.75, 3.05) is 0 Å². The van der Waals surface area contributed by atoms with Crippen LogP contribution in [-0.2, 0) is 6.18 Å². The normalized spacial score (nSPS) is 11.4. The SMILES string of the molecule is C=C(N)c1cnc(C)nc1C(F)(F)F. The summed E-state index contributed by atoms with van der Waals surface area (Å²) < 4.78 is 37.2. The minimum atomic E-state index is -4.54. The van der Waals surface area contributed by atoms with E-state index in [1.807, 2.05) is 0 Å². The third-order valence-corrected chi connectivity index (χ3v) is 1.52. The Morgan fingerprint density at radius 3 is 2.50 bits per heavy atom. The van der Waals surface area contributed by atoms with Gasteiger partial charge in [-0.3, -0.25) is 0 Å². The number of nitrogens with zero attached hydrogens (tertiary/aromatic N) is 2. The minimum absolute atomic E-state index is 0.0438. The van der Waals surface area contributed by atoms with Crippen LogP contribution in [0, 0.1) is 6.92 Å². The summed E-state index contributed by atoms with van der Waals surface area (Å²) in [4.78, 5) is 6.91. The molecule has 2 N–H and O–H groups in total. The van der Waals surface area contributed by atoms with E-state index < -0.39 is 11.9 Å². The van der Waals surface area contributed by atoms with Gasteiger partial charge in [0.05, 0.1) is 0 Å². The molecular weight excluding hydrogens is 195 g/mol. The van der Waals surface area contributed by atoms with Crippen LogP contribution in [0.1, 0.15) is 17.1 Å². The van der Waals surface area contributed by atoms with Gasteiger partial charge in [-0.1, -0.05) is 6.58 Å². The van der Waals surface area contributed by atoms with Crippen molar-refractivity contribution in [2.45, 2.75) is 13.1 Å². The first kappa shape index (κ1) is 10.5. The Labute approximate surface area is 78.5 Å². The number of aromatic nitrogens is 2. The summed E-state index contributed by atoms with van der Waals surface area (Å²) in [6.45, 7) is 4.60. The van der Waals surface area contributed by atoms with Gasteiger partial charge in [0.25, 0.3) is 0 Å². The summed E-state index contributed by atoms with van der Waals surface area (Å²) in [6.07, 6.45) is -3.52. The van der Waals surface area contributed by atoms with Crippen molar-refractivity contribution in [1.82, 2.24) is 9.97 Å². The first-order chi connectivity index (χ1) is 6.32. The predicted molar refractivity (Wildman–Crippen MR) is 45.0 cm³/mol. The van der Waals surface area contributed by atoms with E-state index in [2.05, 4.69) is 16.5 Å². The molecule has 76 valence electrons. The largest absolute Gasteiger partial charge is 0.434 e. The molecule has 3 nitrogen and oxygen atoms in total. The van der Waals surface area contributed by atoms with E-state index in [1.54, 1.807) is 0 Å². The molecule has 1 aromatic rings. The number of alkyl halides is 3. The van der Waals surface area contributed by atoms with Gasteiger partial charge in [-0.05, 0) is 6.92 Å². The quantitative estimate of drug-likeness (QED) is 0.756. The second-order valence-corrected chi connectivity index (χ2v) is 2.70. The maximum absolute atomic E-state index is 12.4. The van der Waals surface area contributed by atoms with Gasteiger partial charge in [-0.2, -0.15) is 13.2 Å². The molecule has 0 aromatic carbocycles. The van der Waals surface area contributed by atoms with Crippen LogP contribution < -0.4 is 5.73 Å². The van der Waals surface area contributed by atoms with Crippen LogP contribution in [0.25, 0.3) is 5.70 Å². The number of rotatable bonds is 1. The fraction of sp³-hybridized carbons (Fsp3) is 0.250. The topological polar surface area (TPSA) is 51.8 Å². The van der Waals surface area contributed by atoms with E-state index in [0.29, 0.717) is 0 Å². The molecule has 0 spiro atoms. The molecule has 0 aliphatic heterocycles. The van der Waals surface area contributed by atoms with E-state index in [0.717, 1.165) is 6.20 Å². The summed E-state index contributed by atoms with van der Waals surface area (Å²) in [6, 6.07) is 0. The van der Waals surface area contributed by atoms with E-state index in [-0.39, 0.29) is 17.1 Å². The van der Waals surface area contributed by atoms with Gasteiger partial charge < -0.3 is 5.73 Å². The van der Waals surface area contributed by atoms with Crippen LogP contribution in [0.2, 0.25) is 0 Å². The second-order valence-electron chi connectivity index (χ2n) is 2.70. The molecule has 0 radical (unpaired) electrons. The van der Waals surface area contributed by atoms with E-state index in [9.17, 15) is 13.2 Å². The van der Waals surface area contributed by atoms with E-state index in [4.69, 9.17) is 5.73 Å². The van der Waals surface area contributed by atoms with Crippen LogP contribution in [0.15, 0.2) is 12.8 Å². The van der Waals surface area contributed by atoms with Crippen LogP contribution >= 0.6 is 0 Å². The summed E-state index contributed by atoms with van der Waals surface area (Å²) in [5, 5.41) is 0. The lowest BCUT2D eigenvalue weighted by molar-refractivity contribution is -0.141. The van der Waals surface area contributed by atoms with Crippen molar-refractivity contribution < 1.29 is 13.2 Å². The predicted octanol–water partition coefficient (Wildman–Crippen LogP) is 1.73. The van der Waals surface area contributed by atoms with Crippen LogP contribution in [-0.4, -0.2) is 9.97 Å². The van der Waals surface area contributed by atoms with Crippen LogP contribution in [0.5, 0.6) is 0 Å². The van der Waals surface area contributed by atoms with Crippen molar-refractivity contribution in [3.8, 4) is 0 Å². The average Bonchev–Trinajstić information content (AvgIpc) is 2.01. The van der Waals surface area contributed by atoms with Gasteiger partial charge in [-0.25, -0.2) is 9.97 Å². The first-order valence-corrected chi connectivity index (χ1v) is 3.68. The van der Waals surface area contributed by atoms with Gasteiger partial charge in [0.2, 0.25) is 0 Å². The fourth-order valence-corrected chi connectivity index (χ4v) is 0.921. The van der Waals surface area contributed by atoms with Crippen molar-refractivity contribution in [2.24, 2.45) is 5.73 Å². The van der Waals surface area contributed by atoms with Crippen LogP contribution in [0.3, 0.4) is 0 Å². The fourth-order valence-electron chi connectivity index (χ4n) is 0.921. The molecule has 0 amide bonds. The molecule has 6 heteroatoms. The van der Waals surface area contributed by atoms with Crippen molar-refractivity contribution >= 4 is 5.70 Å². The zero-order chi connectivity index (χ0) is 10.9. The van der Waals surface area contributed by atoms with Gasteiger partial charge in [0, 0.05) is 17.5 Å². The lowest BCUT2D eigenvalue weighted by Gasteiger charge is -2.11. The summed E-state index contributed by atoms with van der Waals surface area (Å²) >= 11 is 0. The number of nitrogens with two attached hydrogens (primary N) is 1. The Morgan fingerprint density at radius 2 is 2.07 bits per heavy atom. The molecule has 1 heterocycles. The lowest BCUT2D eigenvalue weighted by atomic mass is 10.2. The zero-order valence-electron chi connectivity index (χ0n) is 7.39. The molecule has 1 aromatic heterocycles. The van der Waals surface area contributed by atoms with Crippen molar-refractivity contribution in [3.63, 3.8) is 0 Å². The smallest absolute Gasteiger partial charge is 0.399 e. The minimum Gasteiger partial charge on any atom is -0.399 e. The van der Waals surface area contributed by atoms with E-state index >= 15 is 0 Å². The van der Waals surface area contributed by atoms with Crippen molar-refractivity contribution in [1.29, 1.82) is 0 Å². The number of aryl methyl sites for hydroxylation is 1. The Bertz CT molecular complexity index is 371. The molecule has 0 saturated carbocycles. The van der Waals surface area contributed by atoms with Crippen LogP contribution in [0.4, 0.5) is 13.2 Å². The van der Waals surface area contributed by atoms with Gasteiger partial charge in [0.1, 0.15) is 5.82 Å². The number of hydrogen-bond donors (Lipinski definition) is 1. The molecule has 0 atom stereocenters. The summed E-state index contributed by atoms with van der Waals surface area (Å²) in [5.74, 6) is 0.0438. The van der Waals surface area contributed by atoms with Gasteiger partial charge >= 0.3 is 6.18 Å². The maximum Gasteiger partial charge on any atom is 0.434 e. The molecule has 0 bridgehead atoms. The lowest BCUT2D eigenvalue weighted by Crippen LogP contribution is -2.15. The molecular formula is C8H8F3N3. The monoisotopic (exact) mass is 203 g/mol. The molecule has 0 fully saturated rings.